The number of fused-ring (bicyclic) bond motifs is 8. The zero-order chi connectivity index (χ0) is 36.4. The first kappa shape index (κ1) is 32.4. The van der Waals surface area contributed by atoms with Crippen LogP contribution >= 0.6 is 0 Å². The Labute approximate surface area is 315 Å². The third-order valence-electron chi connectivity index (χ3n) is 11.5. The summed E-state index contributed by atoms with van der Waals surface area (Å²) in [6, 6.07) is 58.6. The van der Waals surface area contributed by atoms with E-state index in [9.17, 15) is 0 Å². The van der Waals surface area contributed by atoms with Gasteiger partial charge in [-0.05, 0) is 108 Å². The van der Waals surface area contributed by atoms with Crippen molar-refractivity contribution < 1.29 is 4.42 Å². The Hall–Kier alpha value is -6.26. The SMILES string of the molecule is CC1(C)c2cc3ccccc3cc2-c2c(-c3ccc(/C=C/C(NC(N)c4ccccc4)c4ccc5oc6cc7ccccc7cc6c5c4)cc3)cccc21. The molecule has 54 heavy (non-hydrogen) atoms. The molecule has 0 spiro atoms. The van der Waals surface area contributed by atoms with Crippen LogP contribution < -0.4 is 11.1 Å². The molecule has 8 aromatic carbocycles. The summed E-state index contributed by atoms with van der Waals surface area (Å²) in [5.41, 5.74) is 19.7. The number of benzene rings is 8. The van der Waals surface area contributed by atoms with Gasteiger partial charge in [0.2, 0.25) is 0 Å². The fraction of sp³-hybridized carbons (Fsp3) is 0.0980. The van der Waals surface area contributed by atoms with Crippen LogP contribution in [0, 0.1) is 0 Å². The van der Waals surface area contributed by atoms with Crippen LogP contribution in [0.3, 0.4) is 0 Å². The first-order chi connectivity index (χ1) is 26.4. The van der Waals surface area contributed by atoms with E-state index < -0.39 is 0 Å². The van der Waals surface area contributed by atoms with E-state index >= 15 is 0 Å². The highest BCUT2D eigenvalue weighted by Crippen LogP contribution is 2.53. The normalized spacial score (nSPS) is 14.6. The summed E-state index contributed by atoms with van der Waals surface area (Å²) in [5, 5.41) is 10.9. The first-order valence-electron chi connectivity index (χ1n) is 18.8. The van der Waals surface area contributed by atoms with Crippen molar-refractivity contribution in [1.29, 1.82) is 0 Å². The van der Waals surface area contributed by atoms with E-state index in [-0.39, 0.29) is 17.6 Å². The molecule has 0 aliphatic heterocycles. The molecule has 260 valence electrons. The topological polar surface area (TPSA) is 51.2 Å². The Bertz CT molecular complexity index is 2900. The van der Waals surface area contributed by atoms with Crippen LogP contribution in [0.15, 0.2) is 174 Å². The van der Waals surface area contributed by atoms with Crippen molar-refractivity contribution in [3.05, 3.63) is 198 Å². The predicted octanol–water partition coefficient (Wildman–Crippen LogP) is 12.9. The van der Waals surface area contributed by atoms with Crippen molar-refractivity contribution >= 4 is 49.6 Å². The number of hydrogen-bond acceptors (Lipinski definition) is 3. The number of nitrogens with one attached hydrogen (secondary N) is 1. The van der Waals surface area contributed by atoms with Gasteiger partial charge >= 0.3 is 0 Å². The molecule has 3 N–H and O–H groups in total. The summed E-state index contributed by atoms with van der Waals surface area (Å²) in [6.07, 6.45) is 4.07. The third kappa shape index (κ3) is 5.44. The summed E-state index contributed by atoms with van der Waals surface area (Å²) in [5.74, 6) is 0. The molecule has 10 rings (SSSR count). The minimum atomic E-state index is -0.353. The molecule has 0 amide bonds. The van der Waals surface area contributed by atoms with Gasteiger partial charge in [0.15, 0.2) is 0 Å². The lowest BCUT2D eigenvalue weighted by Gasteiger charge is -2.22. The number of rotatable bonds is 7. The van der Waals surface area contributed by atoms with Gasteiger partial charge in [-0.15, -0.1) is 0 Å². The highest BCUT2D eigenvalue weighted by molar-refractivity contribution is 6.10. The van der Waals surface area contributed by atoms with Crippen LogP contribution in [0.2, 0.25) is 0 Å². The van der Waals surface area contributed by atoms with E-state index in [1.807, 2.05) is 18.2 Å². The lowest BCUT2D eigenvalue weighted by Crippen LogP contribution is -2.31. The summed E-state index contributed by atoms with van der Waals surface area (Å²) in [4.78, 5) is 0. The lowest BCUT2D eigenvalue weighted by atomic mass is 9.81. The van der Waals surface area contributed by atoms with Crippen LogP contribution in [0.25, 0.3) is 71.8 Å². The Morgan fingerprint density at radius 2 is 1.22 bits per heavy atom. The molecule has 1 aromatic heterocycles. The molecule has 0 fully saturated rings. The van der Waals surface area contributed by atoms with Gasteiger partial charge in [0.05, 0.1) is 12.2 Å². The Balaban J connectivity index is 1.01. The fourth-order valence-corrected chi connectivity index (χ4v) is 8.58. The van der Waals surface area contributed by atoms with Crippen molar-refractivity contribution in [2.24, 2.45) is 5.73 Å². The smallest absolute Gasteiger partial charge is 0.136 e. The van der Waals surface area contributed by atoms with Gasteiger partial charge in [-0.3, -0.25) is 5.32 Å². The summed E-state index contributed by atoms with van der Waals surface area (Å²) in [6.45, 7) is 4.71. The average Bonchev–Trinajstić information content (AvgIpc) is 3.68. The molecule has 3 nitrogen and oxygen atoms in total. The Morgan fingerprint density at radius 3 is 1.98 bits per heavy atom. The van der Waals surface area contributed by atoms with Gasteiger partial charge in [0, 0.05) is 16.2 Å². The van der Waals surface area contributed by atoms with Gasteiger partial charge < -0.3 is 10.2 Å². The fourth-order valence-electron chi connectivity index (χ4n) is 8.58. The second kappa shape index (κ2) is 12.7. The Kier molecular flexibility index (Phi) is 7.62. The molecule has 3 heteroatoms. The second-order valence-electron chi connectivity index (χ2n) is 15.2. The largest absolute Gasteiger partial charge is 0.456 e. The van der Waals surface area contributed by atoms with E-state index in [1.165, 1.54) is 54.9 Å². The average molecular weight is 697 g/mol. The summed E-state index contributed by atoms with van der Waals surface area (Å²) >= 11 is 0. The van der Waals surface area contributed by atoms with Gasteiger partial charge in [0.25, 0.3) is 0 Å². The molecular formula is C51H40N2O. The zero-order valence-electron chi connectivity index (χ0n) is 30.4. The van der Waals surface area contributed by atoms with Crippen LogP contribution in [0.5, 0.6) is 0 Å². The minimum absolute atomic E-state index is 0.0739. The maximum atomic E-state index is 6.80. The van der Waals surface area contributed by atoms with Crippen molar-refractivity contribution in [1.82, 2.24) is 5.32 Å². The van der Waals surface area contributed by atoms with Crippen LogP contribution in [0.1, 0.15) is 53.9 Å². The maximum absolute atomic E-state index is 6.80. The predicted molar refractivity (Wildman–Crippen MR) is 226 cm³/mol. The van der Waals surface area contributed by atoms with Crippen molar-refractivity contribution in [3.8, 4) is 22.3 Å². The third-order valence-corrected chi connectivity index (χ3v) is 11.5. The summed E-state index contributed by atoms with van der Waals surface area (Å²) < 4.78 is 6.34. The van der Waals surface area contributed by atoms with E-state index in [0.717, 1.165) is 38.6 Å². The molecule has 0 saturated carbocycles. The standard InChI is InChI=1S/C51H40N2O/c1-51(2)44-18-10-17-40(49(44)43-28-36-14-6-8-15-37(36)30-45(43)51)33-22-19-32(20-23-33)21-25-46(53-50(52)34-11-4-3-5-12-34)39-24-26-47-41(29-39)42-27-35-13-7-9-16-38(35)31-48(42)54-47/h3-31,46,50,53H,52H2,1-2H3/b25-21+. The van der Waals surface area contributed by atoms with E-state index in [1.54, 1.807) is 0 Å². The number of furan rings is 1. The molecule has 2 atom stereocenters. The van der Waals surface area contributed by atoms with Gasteiger partial charge in [-0.1, -0.05) is 153 Å². The van der Waals surface area contributed by atoms with Crippen LogP contribution in [-0.2, 0) is 5.41 Å². The number of nitrogens with two attached hydrogens (primary N) is 1. The summed E-state index contributed by atoms with van der Waals surface area (Å²) in [7, 11) is 0. The molecule has 0 saturated heterocycles. The highest BCUT2D eigenvalue weighted by atomic mass is 16.3. The van der Waals surface area contributed by atoms with Crippen LogP contribution in [0.4, 0.5) is 0 Å². The quantitative estimate of drug-likeness (QED) is 0.163. The molecule has 1 aliphatic carbocycles. The zero-order valence-corrected chi connectivity index (χ0v) is 30.4. The van der Waals surface area contributed by atoms with E-state index in [4.69, 9.17) is 10.2 Å². The Morgan fingerprint density at radius 1 is 0.556 bits per heavy atom. The molecule has 1 heterocycles. The number of hydrogen-bond donors (Lipinski definition) is 2. The lowest BCUT2D eigenvalue weighted by molar-refractivity contribution is 0.509. The van der Waals surface area contributed by atoms with Crippen molar-refractivity contribution in [3.63, 3.8) is 0 Å². The van der Waals surface area contributed by atoms with Crippen molar-refractivity contribution in [2.75, 3.05) is 0 Å². The molecular weight excluding hydrogens is 657 g/mol. The maximum Gasteiger partial charge on any atom is 0.136 e. The molecule has 0 radical (unpaired) electrons. The minimum Gasteiger partial charge on any atom is -0.456 e. The molecule has 0 bridgehead atoms. The highest BCUT2D eigenvalue weighted by Gasteiger charge is 2.37. The van der Waals surface area contributed by atoms with E-state index in [2.05, 4.69) is 177 Å². The molecule has 2 unspecified atom stereocenters. The molecule has 9 aromatic rings. The van der Waals surface area contributed by atoms with Crippen molar-refractivity contribution in [2.45, 2.75) is 31.5 Å². The monoisotopic (exact) mass is 696 g/mol. The van der Waals surface area contributed by atoms with Gasteiger partial charge in [-0.25, -0.2) is 0 Å². The first-order valence-corrected chi connectivity index (χ1v) is 18.8. The second-order valence-corrected chi connectivity index (χ2v) is 15.2. The van der Waals surface area contributed by atoms with Crippen LogP contribution in [-0.4, -0.2) is 0 Å². The van der Waals surface area contributed by atoms with Gasteiger partial charge in [-0.2, -0.15) is 0 Å². The molecule has 1 aliphatic rings. The van der Waals surface area contributed by atoms with Gasteiger partial charge in [0.1, 0.15) is 11.2 Å². The van der Waals surface area contributed by atoms with E-state index in [0.29, 0.717) is 0 Å².